The predicted octanol–water partition coefficient (Wildman–Crippen LogP) is 1.18. The van der Waals surface area contributed by atoms with Gasteiger partial charge in [0, 0.05) is 11.6 Å². The number of esters is 1. The van der Waals surface area contributed by atoms with Crippen LogP contribution in [0.5, 0.6) is 5.75 Å². The van der Waals surface area contributed by atoms with Gasteiger partial charge in [-0.05, 0) is 6.07 Å². The van der Waals surface area contributed by atoms with Gasteiger partial charge in [0.05, 0.1) is 14.2 Å². The maximum absolute atomic E-state index is 13.3. The van der Waals surface area contributed by atoms with Crippen LogP contribution in [0.15, 0.2) is 12.1 Å². The van der Waals surface area contributed by atoms with E-state index in [0.717, 1.165) is 13.2 Å². The minimum Gasteiger partial charge on any atom is -0.494 e. The Morgan fingerprint density at radius 1 is 1.31 bits per heavy atom. The Bertz CT molecular complexity index is 406. The average molecular weight is 232 g/mol. The number of methoxy groups -OCH3 is 2. The number of hydrogen-bond acceptors (Lipinski definition) is 4. The van der Waals surface area contributed by atoms with E-state index in [9.17, 15) is 18.7 Å². The van der Waals surface area contributed by atoms with Crippen LogP contribution in [-0.4, -0.2) is 25.3 Å². The summed E-state index contributed by atoms with van der Waals surface area (Å²) >= 11 is 0. The molecule has 1 atom stereocenters. The maximum atomic E-state index is 13.3. The zero-order valence-electron chi connectivity index (χ0n) is 8.66. The number of carbonyl (C=O) groups excluding carboxylic acids is 1. The molecule has 1 N–H and O–H groups in total. The third-order valence-electron chi connectivity index (χ3n) is 1.99. The van der Waals surface area contributed by atoms with Gasteiger partial charge in [0.25, 0.3) is 0 Å². The number of aliphatic hydroxyl groups is 1. The number of hydrogen-bond donors (Lipinski definition) is 1. The molecular weight excluding hydrogens is 222 g/mol. The summed E-state index contributed by atoms with van der Waals surface area (Å²) in [5.41, 5.74) is -0.398. The van der Waals surface area contributed by atoms with Crippen LogP contribution in [0.25, 0.3) is 0 Å². The molecule has 88 valence electrons. The standard InChI is InChI=1S/C10H10F2O4/c1-15-8-3-5(6(11)4-7(8)12)9(13)10(14)16-2/h3-4,9,13H,1-2H3. The molecular formula is C10H10F2O4. The summed E-state index contributed by atoms with van der Waals surface area (Å²) in [6.07, 6.45) is -1.81. The van der Waals surface area contributed by atoms with Crippen LogP contribution < -0.4 is 4.74 Å². The van der Waals surface area contributed by atoms with Gasteiger partial charge in [0.1, 0.15) is 5.82 Å². The molecule has 0 fully saturated rings. The molecule has 6 heteroatoms. The smallest absolute Gasteiger partial charge is 0.339 e. The maximum Gasteiger partial charge on any atom is 0.339 e. The Balaban J connectivity index is 3.18. The van der Waals surface area contributed by atoms with Crippen molar-refractivity contribution < 1.29 is 28.2 Å². The lowest BCUT2D eigenvalue weighted by molar-refractivity contribution is -0.150. The van der Waals surface area contributed by atoms with Crippen LogP contribution >= 0.6 is 0 Å². The highest BCUT2D eigenvalue weighted by Gasteiger charge is 2.23. The SMILES string of the molecule is COC(=O)C(O)c1cc(OC)c(F)cc1F. The van der Waals surface area contributed by atoms with Gasteiger partial charge in [0.2, 0.25) is 0 Å². The monoisotopic (exact) mass is 232 g/mol. The topological polar surface area (TPSA) is 55.8 Å². The van der Waals surface area contributed by atoms with Crippen molar-refractivity contribution in [1.82, 2.24) is 0 Å². The fraction of sp³-hybridized carbons (Fsp3) is 0.300. The first-order chi connectivity index (χ1) is 7.51. The lowest BCUT2D eigenvalue weighted by Gasteiger charge is -2.11. The van der Waals surface area contributed by atoms with Gasteiger partial charge in [0.15, 0.2) is 17.7 Å². The van der Waals surface area contributed by atoms with E-state index < -0.39 is 29.3 Å². The molecule has 0 amide bonds. The van der Waals surface area contributed by atoms with E-state index >= 15 is 0 Å². The molecule has 0 aliphatic heterocycles. The second-order valence-corrected chi connectivity index (χ2v) is 2.93. The molecule has 0 bridgehead atoms. The highest BCUT2D eigenvalue weighted by Crippen LogP contribution is 2.26. The molecule has 0 radical (unpaired) electrons. The van der Waals surface area contributed by atoms with Gasteiger partial charge in [-0.15, -0.1) is 0 Å². The summed E-state index contributed by atoms with van der Waals surface area (Å²) < 4.78 is 35.1. The number of carbonyl (C=O) groups is 1. The molecule has 0 aliphatic carbocycles. The molecule has 1 unspecified atom stereocenters. The molecule has 0 spiro atoms. The van der Waals surface area contributed by atoms with Crippen molar-refractivity contribution in [2.24, 2.45) is 0 Å². The number of halogens is 2. The molecule has 1 rings (SSSR count). The third kappa shape index (κ3) is 2.27. The Morgan fingerprint density at radius 2 is 1.94 bits per heavy atom. The lowest BCUT2D eigenvalue weighted by atomic mass is 10.1. The summed E-state index contributed by atoms with van der Waals surface area (Å²) in [6, 6.07) is 1.44. The van der Waals surface area contributed by atoms with E-state index in [1.54, 1.807) is 0 Å². The van der Waals surface area contributed by atoms with Crippen LogP contribution in [0.1, 0.15) is 11.7 Å². The quantitative estimate of drug-likeness (QED) is 0.795. The third-order valence-corrected chi connectivity index (χ3v) is 1.99. The molecule has 1 aromatic carbocycles. The number of ether oxygens (including phenoxy) is 2. The molecule has 0 heterocycles. The van der Waals surface area contributed by atoms with E-state index in [1.165, 1.54) is 7.11 Å². The zero-order chi connectivity index (χ0) is 12.3. The fourth-order valence-corrected chi connectivity index (χ4v) is 1.15. The Morgan fingerprint density at radius 3 is 2.44 bits per heavy atom. The minimum absolute atomic E-state index is 0.264. The van der Waals surface area contributed by atoms with Crippen molar-refractivity contribution in [3.63, 3.8) is 0 Å². The fourth-order valence-electron chi connectivity index (χ4n) is 1.15. The summed E-state index contributed by atoms with van der Waals surface area (Å²) in [7, 11) is 2.23. The summed E-state index contributed by atoms with van der Waals surface area (Å²) in [6.45, 7) is 0. The summed E-state index contributed by atoms with van der Waals surface area (Å²) in [5.74, 6) is -3.26. The van der Waals surface area contributed by atoms with Crippen molar-refractivity contribution in [2.75, 3.05) is 14.2 Å². The normalized spacial score (nSPS) is 12.1. The molecule has 1 aromatic rings. The van der Waals surface area contributed by atoms with Crippen LogP contribution in [-0.2, 0) is 9.53 Å². The molecule has 16 heavy (non-hydrogen) atoms. The summed E-state index contributed by atoms with van der Waals surface area (Å²) in [4.78, 5) is 11.0. The number of benzene rings is 1. The van der Waals surface area contributed by atoms with Crippen LogP contribution in [0.2, 0.25) is 0 Å². The molecule has 0 aliphatic rings. The van der Waals surface area contributed by atoms with Gasteiger partial charge < -0.3 is 14.6 Å². The molecule has 0 saturated carbocycles. The first-order valence-corrected chi connectivity index (χ1v) is 4.30. The largest absolute Gasteiger partial charge is 0.494 e. The van der Waals surface area contributed by atoms with Crippen LogP contribution in [0, 0.1) is 11.6 Å². The first-order valence-electron chi connectivity index (χ1n) is 4.30. The Hall–Kier alpha value is -1.69. The van der Waals surface area contributed by atoms with Gasteiger partial charge in [-0.3, -0.25) is 0 Å². The van der Waals surface area contributed by atoms with Crippen molar-refractivity contribution in [2.45, 2.75) is 6.10 Å². The average Bonchev–Trinajstić information content (AvgIpc) is 2.27. The highest BCUT2D eigenvalue weighted by atomic mass is 19.1. The molecule has 0 aromatic heterocycles. The van der Waals surface area contributed by atoms with Crippen molar-refractivity contribution in [1.29, 1.82) is 0 Å². The van der Waals surface area contributed by atoms with E-state index in [1.807, 2.05) is 0 Å². The first kappa shape index (κ1) is 12.4. The highest BCUT2D eigenvalue weighted by molar-refractivity contribution is 5.76. The number of aliphatic hydroxyl groups excluding tert-OH is 1. The van der Waals surface area contributed by atoms with Gasteiger partial charge in [-0.1, -0.05) is 0 Å². The second-order valence-electron chi connectivity index (χ2n) is 2.93. The number of rotatable bonds is 3. The minimum atomic E-state index is -1.81. The van der Waals surface area contributed by atoms with E-state index in [2.05, 4.69) is 9.47 Å². The lowest BCUT2D eigenvalue weighted by Crippen LogP contribution is -2.15. The molecule has 4 nitrogen and oxygen atoms in total. The van der Waals surface area contributed by atoms with Crippen molar-refractivity contribution in [3.8, 4) is 5.75 Å². The van der Waals surface area contributed by atoms with Gasteiger partial charge in [-0.2, -0.15) is 0 Å². The van der Waals surface area contributed by atoms with Gasteiger partial charge >= 0.3 is 5.97 Å². The van der Waals surface area contributed by atoms with Crippen molar-refractivity contribution in [3.05, 3.63) is 29.3 Å². The molecule has 0 saturated heterocycles. The van der Waals surface area contributed by atoms with E-state index in [-0.39, 0.29) is 5.75 Å². The van der Waals surface area contributed by atoms with Crippen LogP contribution in [0.3, 0.4) is 0 Å². The van der Waals surface area contributed by atoms with Crippen molar-refractivity contribution >= 4 is 5.97 Å². The Kier molecular flexibility index (Phi) is 3.78. The zero-order valence-corrected chi connectivity index (χ0v) is 8.66. The van der Waals surface area contributed by atoms with Crippen LogP contribution in [0.4, 0.5) is 8.78 Å². The second kappa shape index (κ2) is 4.89. The predicted molar refractivity (Wildman–Crippen MR) is 49.9 cm³/mol. The summed E-state index contributed by atoms with van der Waals surface area (Å²) in [5, 5.41) is 9.39. The Labute approximate surface area is 90.4 Å². The van der Waals surface area contributed by atoms with Gasteiger partial charge in [-0.25, -0.2) is 13.6 Å². The van der Waals surface area contributed by atoms with E-state index in [0.29, 0.717) is 6.07 Å². The van der Waals surface area contributed by atoms with E-state index in [4.69, 9.17) is 0 Å².